The molecule has 0 spiro atoms. The second-order valence-electron chi connectivity index (χ2n) is 11.3. The van der Waals surface area contributed by atoms with Crippen molar-refractivity contribution >= 4 is 17.4 Å². The molecule has 8 heteroatoms. The van der Waals surface area contributed by atoms with Gasteiger partial charge in [-0.2, -0.15) is 0 Å². The van der Waals surface area contributed by atoms with Crippen LogP contribution in [0, 0.1) is 5.92 Å². The van der Waals surface area contributed by atoms with Crippen molar-refractivity contribution in [1.29, 1.82) is 0 Å². The van der Waals surface area contributed by atoms with Crippen LogP contribution in [0.5, 0.6) is 17.2 Å². The lowest BCUT2D eigenvalue weighted by Crippen LogP contribution is -2.33. The average Bonchev–Trinajstić information content (AvgIpc) is 3.45. The number of carbonyl (C=O) groups excluding carboxylic acids is 2. The highest BCUT2D eigenvalue weighted by Crippen LogP contribution is 2.43. The van der Waals surface area contributed by atoms with E-state index >= 15 is 0 Å². The van der Waals surface area contributed by atoms with Gasteiger partial charge in [0.25, 0.3) is 11.7 Å². The molecule has 2 aromatic rings. The Hall–Kier alpha value is -3.52. The van der Waals surface area contributed by atoms with Gasteiger partial charge in [-0.1, -0.05) is 33.8 Å². The highest BCUT2D eigenvalue weighted by atomic mass is 16.5. The molecule has 1 fully saturated rings. The third-order valence-corrected chi connectivity index (χ3v) is 7.93. The normalized spacial score (nSPS) is 19.7. The third-order valence-electron chi connectivity index (χ3n) is 7.93. The molecule has 1 saturated heterocycles. The summed E-state index contributed by atoms with van der Waals surface area (Å²) >= 11 is 0. The largest absolute Gasteiger partial charge is 0.507 e. The lowest BCUT2D eigenvalue weighted by Gasteiger charge is -2.27. The minimum atomic E-state index is -0.756. The van der Waals surface area contributed by atoms with Crippen LogP contribution >= 0.6 is 0 Å². The lowest BCUT2D eigenvalue weighted by molar-refractivity contribution is -0.140. The van der Waals surface area contributed by atoms with E-state index in [1.807, 2.05) is 37.3 Å². The molecular formula is C33H44N2O6. The highest BCUT2D eigenvalue weighted by molar-refractivity contribution is 6.46. The second kappa shape index (κ2) is 13.4. The Morgan fingerprint density at radius 1 is 1.12 bits per heavy atom. The molecule has 0 aliphatic carbocycles. The minimum absolute atomic E-state index is 0.0486. The first-order valence-electron chi connectivity index (χ1n) is 14.8. The van der Waals surface area contributed by atoms with Crippen LogP contribution in [0.3, 0.4) is 0 Å². The molecule has 1 amide bonds. The molecule has 1 N–H and O–H groups in total. The van der Waals surface area contributed by atoms with Gasteiger partial charge in [-0.3, -0.25) is 9.59 Å². The van der Waals surface area contributed by atoms with E-state index < -0.39 is 17.7 Å². The van der Waals surface area contributed by atoms with Gasteiger partial charge in [0.2, 0.25) is 0 Å². The van der Waals surface area contributed by atoms with Crippen molar-refractivity contribution < 1.29 is 28.9 Å². The molecule has 8 nitrogen and oxygen atoms in total. The Labute approximate surface area is 243 Å². The summed E-state index contributed by atoms with van der Waals surface area (Å²) in [6.07, 6.45) is 2.37. The minimum Gasteiger partial charge on any atom is -0.507 e. The van der Waals surface area contributed by atoms with Crippen LogP contribution in [0.1, 0.15) is 70.2 Å². The number of carbonyl (C=O) groups is 2. The molecule has 0 saturated carbocycles. The Morgan fingerprint density at radius 2 is 1.88 bits per heavy atom. The van der Waals surface area contributed by atoms with Gasteiger partial charge in [0.05, 0.1) is 25.3 Å². The SMILES string of the molecule is CCN(CC)CCCN1C(=O)C(=O)C(=C(O)c2ccc3c(c2)C[C@@H](C)O3)[C@H]1c1ccc(OCCC(C)C)c(OC)c1. The van der Waals surface area contributed by atoms with Crippen molar-refractivity contribution in [2.45, 2.75) is 66.0 Å². The molecular weight excluding hydrogens is 520 g/mol. The van der Waals surface area contributed by atoms with Gasteiger partial charge in [-0.05, 0) is 86.8 Å². The number of benzene rings is 2. The summed E-state index contributed by atoms with van der Waals surface area (Å²) in [7, 11) is 1.57. The fraction of sp³-hybridized carbons (Fsp3) is 0.515. The number of Topliss-reactive ketones (excluding diaryl/α,β-unsaturated/α-hetero) is 1. The third kappa shape index (κ3) is 6.70. The molecule has 4 rings (SSSR count). The second-order valence-corrected chi connectivity index (χ2v) is 11.3. The topological polar surface area (TPSA) is 88.5 Å². The van der Waals surface area contributed by atoms with Gasteiger partial charge >= 0.3 is 0 Å². The van der Waals surface area contributed by atoms with Crippen LogP contribution in [0.2, 0.25) is 0 Å². The average molecular weight is 565 g/mol. The van der Waals surface area contributed by atoms with Crippen molar-refractivity contribution in [1.82, 2.24) is 9.80 Å². The van der Waals surface area contributed by atoms with Gasteiger partial charge in [-0.25, -0.2) is 0 Å². The number of aliphatic hydroxyl groups is 1. The standard InChI is InChI=1S/C33H44N2O6/c1-7-34(8-2)15-9-16-35-30(23-10-13-27(28(20-23)39-6)40-17-14-21(3)4)29(32(37)33(35)38)31(36)24-11-12-26-25(19-24)18-22(5)41-26/h10-13,19-22,30,36H,7-9,14-18H2,1-6H3/t22-,30-/m1/s1. The monoisotopic (exact) mass is 564 g/mol. The Morgan fingerprint density at radius 3 is 2.56 bits per heavy atom. The summed E-state index contributed by atoms with van der Waals surface area (Å²) in [5, 5.41) is 11.6. The summed E-state index contributed by atoms with van der Waals surface area (Å²) in [5.74, 6) is 0.928. The zero-order valence-electron chi connectivity index (χ0n) is 25.2. The molecule has 2 atom stereocenters. The van der Waals surface area contributed by atoms with Gasteiger partial charge in [-0.15, -0.1) is 0 Å². The number of fused-ring (bicyclic) bond motifs is 1. The van der Waals surface area contributed by atoms with Crippen molar-refractivity contribution in [3.05, 3.63) is 58.7 Å². The van der Waals surface area contributed by atoms with Gasteiger partial charge < -0.3 is 29.1 Å². The predicted molar refractivity (Wildman–Crippen MR) is 160 cm³/mol. The Kier molecular flexibility index (Phi) is 9.97. The maximum Gasteiger partial charge on any atom is 0.295 e. The Bertz CT molecular complexity index is 1280. The highest BCUT2D eigenvalue weighted by Gasteiger charge is 2.46. The fourth-order valence-electron chi connectivity index (χ4n) is 5.56. The Balaban J connectivity index is 1.74. The molecule has 2 heterocycles. The lowest BCUT2D eigenvalue weighted by atomic mass is 9.94. The van der Waals surface area contributed by atoms with E-state index in [1.165, 1.54) is 0 Å². The number of likely N-dealkylation sites (tertiary alicyclic amines) is 1. The van der Waals surface area contributed by atoms with Gasteiger partial charge in [0.1, 0.15) is 17.6 Å². The quantitative estimate of drug-likeness (QED) is 0.193. The van der Waals surface area contributed by atoms with Crippen molar-refractivity contribution in [2.75, 3.05) is 39.9 Å². The summed E-state index contributed by atoms with van der Waals surface area (Å²) < 4.78 is 17.5. The van der Waals surface area contributed by atoms with E-state index in [0.717, 1.165) is 43.8 Å². The van der Waals surface area contributed by atoms with E-state index in [9.17, 15) is 14.7 Å². The molecule has 0 radical (unpaired) electrons. The number of methoxy groups -OCH3 is 1. The zero-order chi connectivity index (χ0) is 29.7. The van der Waals surface area contributed by atoms with Crippen molar-refractivity contribution in [3.63, 3.8) is 0 Å². The first-order chi connectivity index (χ1) is 19.7. The number of ether oxygens (including phenoxy) is 3. The number of nitrogens with zero attached hydrogens (tertiary/aromatic N) is 2. The summed E-state index contributed by atoms with van der Waals surface area (Å²) in [4.78, 5) is 30.9. The molecule has 2 aromatic carbocycles. The van der Waals surface area contributed by atoms with Crippen molar-refractivity contribution in [2.24, 2.45) is 5.92 Å². The number of rotatable bonds is 13. The summed E-state index contributed by atoms with van der Waals surface area (Å²) in [6, 6.07) is 10.1. The number of hydrogen-bond acceptors (Lipinski definition) is 7. The van der Waals surface area contributed by atoms with Crippen LogP contribution in [-0.2, 0) is 16.0 Å². The molecule has 0 bridgehead atoms. The van der Waals surface area contributed by atoms with Crippen molar-refractivity contribution in [3.8, 4) is 17.2 Å². The maximum absolute atomic E-state index is 13.5. The maximum atomic E-state index is 13.5. The van der Waals surface area contributed by atoms with E-state index in [1.54, 1.807) is 18.1 Å². The van der Waals surface area contributed by atoms with E-state index in [-0.39, 0.29) is 17.4 Å². The molecule has 41 heavy (non-hydrogen) atoms. The number of amides is 1. The molecule has 0 aromatic heterocycles. The molecule has 2 aliphatic rings. The van der Waals surface area contributed by atoms with Crippen LogP contribution < -0.4 is 14.2 Å². The summed E-state index contributed by atoms with van der Waals surface area (Å²) in [6.45, 7) is 14.0. The predicted octanol–water partition coefficient (Wildman–Crippen LogP) is 5.60. The molecule has 222 valence electrons. The van der Waals surface area contributed by atoms with E-state index in [0.29, 0.717) is 48.1 Å². The number of aliphatic hydroxyl groups excluding tert-OH is 1. The smallest absolute Gasteiger partial charge is 0.295 e. The van der Waals surface area contributed by atoms with E-state index in [4.69, 9.17) is 14.2 Å². The zero-order valence-corrected chi connectivity index (χ0v) is 25.2. The van der Waals surface area contributed by atoms with Gasteiger partial charge in [0.15, 0.2) is 11.5 Å². The first kappa shape index (κ1) is 30.4. The van der Waals surface area contributed by atoms with Crippen LogP contribution in [0.4, 0.5) is 0 Å². The number of hydrogen-bond donors (Lipinski definition) is 1. The number of ketones is 1. The van der Waals surface area contributed by atoms with E-state index in [2.05, 4.69) is 32.6 Å². The molecule has 0 unspecified atom stereocenters. The van der Waals surface area contributed by atoms with Crippen LogP contribution in [0.15, 0.2) is 42.0 Å². The van der Waals surface area contributed by atoms with Gasteiger partial charge in [0, 0.05) is 18.5 Å². The summed E-state index contributed by atoms with van der Waals surface area (Å²) in [5.41, 5.74) is 2.23. The van der Waals surface area contributed by atoms with Crippen LogP contribution in [-0.4, -0.2) is 72.6 Å². The molecule has 2 aliphatic heterocycles. The fourth-order valence-corrected chi connectivity index (χ4v) is 5.56. The first-order valence-corrected chi connectivity index (χ1v) is 14.8. The van der Waals surface area contributed by atoms with Crippen LogP contribution in [0.25, 0.3) is 5.76 Å².